The highest BCUT2D eigenvalue weighted by Gasteiger charge is 2.00. The molecule has 82 valence electrons. The van der Waals surface area contributed by atoms with E-state index < -0.39 is 0 Å². The molecule has 1 heterocycles. The number of rotatable bonds is 3. The smallest absolute Gasteiger partial charge is 0.0349 e. The van der Waals surface area contributed by atoms with Gasteiger partial charge in [0.1, 0.15) is 0 Å². The zero-order valence-corrected chi connectivity index (χ0v) is 10.6. The molecule has 0 radical (unpaired) electrons. The van der Waals surface area contributed by atoms with E-state index in [2.05, 4.69) is 62.4 Å². The van der Waals surface area contributed by atoms with Crippen molar-refractivity contribution in [1.82, 2.24) is 0 Å². The Labute approximate surface area is 101 Å². The molecule has 1 aromatic heterocycles. The lowest BCUT2D eigenvalue weighted by Gasteiger charge is -1.99. The van der Waals surface area contributed by atoms with Crippen molar-refractivity contribution in [1.29, 1.82) is 0 Å². The van der Waals surface area contributed by atoms with Crippen LogP contribution in [0.5, 0.6) is 0 Å². The Hall–Kier alpha value is -1.34. The van der Waals surface area contributed by atoms with Gasteiger partial charge in [-0.25, -0.2) is 0 Å². The normalized spacial score (nSPS) is 11.1. The molecule has 0 bridgehead atoms. The zero-order chi connectivity index (χ0) is 11.4. The molecule has 1 aromatic carbocycles. The van der Waals surface area contributed by atoms with Gasteiger partial charge in [-0.1, -0.05) is 37.3 Å². The fourth-order valence-electron chi connectivity index (χ4n) is 1.67. The van der Waals surface area contributed by atoms with Gasteiger partial charge in [0.15, 0.2) is 0 Å². The Bertz CT molecular complexity index is 474. The lowest BCUT2D eigenvalue weighted by atomic mass is 10.1. The molecule has 0 nitrogen and oxygen atoms in total. The van der Waals surface area contributed by atoms with Gasteiger partial charge in [-0.15, -0.1) is 11.3 Å². The predicted molar refractivity (Wildman–Crippen MR) is 73.8 cm³/mol. The second-order valence-corrected chi connectivity index (χ2v) is 4.87. The van der Waals surface area contributed by atoms with E-state index in [4.69, 9.17) is 0 Å². The molecule has 2 aromatic rings. The first-order chi connectivity index (χ1) is 7.83. The highest BCUT2D eigenvalue weighted by atomic mass is 32.1. The van der Waals surface area contributed by atoms with Crippen LogP contribution >= 0.6 is 11.3 Å². The number of hydrogen-bond donors (Lipinski definition) is 0. The molecule has 0 saturated carbocycles. The minimum absolute atomic E-state index is 1.11. The molecule has 0 atom stereocenters. The molecule has 0 amide bonds. The van der Waals surface area contributed by atoms with E-state index in [-0.39, 0.29) is 0 Å². The van der Waals surface area contributed by atoms with E-state index in [1.54, 1.807) is 0 Å². The molecule has 0 saturated heterocycles. The van der Waals surface area contributed by atoms with Crippen molar-refractivity contribution in [3.05, 3.63) is 52.9 Å². The van der Waals surface area contributed by atoms with Crippen molar-refractivity contribution >= 4 is 17.4 Å². The summed E-state index contributed by atoms with van der Waals surface area (Å²) < 4.78 is 0. The second kappa shape index (κ2) is 5.13. The van der Waals surface area contributed by atoms with Gasteiger partial charge >= 0.3 is 0 Å². The number of aryl methyl sites for hydroxylation is 1. The molecule has 0 spiro atoms. The topological polar surface area (TPSA) is 0 Å². The monoisotopic (exact) mass is 228 g/mol. The van der Waals surface area contributed by atoms with Crippen molar-refractivity contribution in [3.63, 3.8) is 0 Å². The van der Waals surface area contributed by atoms with Crippen LogP contribution in [0.4, 0.5) is 0 Å². The summed E-state index contributed by atoms with van der Waals surface area (Å²) in [7, 11) is 0. The Morgan fingerprint density at radius 2 is 1.81 bits per heavy atom. The third kappa shape index (κ3) is 2.42. The van der Waals surface area contributed by atoms with Crippen molar-refractivity contribution in [2.24, 2.45) is 0 Å². The number of hydrogen-bond acceptors (Lipinski definition) is 1. The molecular weight excluding hydrogens is 212 g/mol. The Balaban J connectivity index is 2.27. The zero-order valence-electron chi connectivity index (χ0n) is 9.73. The van der Waals surface area contributed by atoms with Crippen LogP contribution < -0.4 is 0 Å². The summed E-state index contributed by atoms with van der Waals surface area (Å²) >= 11 is 1.84. The van der Waals surface area contributed by atoms with E-state index in [1.165, 1.54) is 20.9 Å². The van der Waals surface area contributed by atoms with E-state index in [0.29, 0.717) is 0 Å². The highest BCUT2D eigenvalue weighted by Crippen LogP contribution is 2.29. The molecule has 0 fully saturated rings. The van der Waals surface area contributed by atoms with E-state index >= 15 is 0 Å². The van der Waals surface area contributed by atoms with Crippen LogP contribution in [-0.4, -0.2) is 0 Å². The second-order valence-electron chi connectivity index (χ2n) is 3.75. The van der Waals surface area contributed by atoms with Gasteiger partial charge in [-0.05, 0) is 42.7 Å². The lowest BCUT2D eigenvalue weighted by molar-refractivity contribution is 1.14. The van der Waals surface area contributed by atoms with E-state index in [1.807, 2.05) is 11.3 Å². The Morgan fingerprint density at radius 1 is 1.06 bits per heavy atom. The largest absolute Gasteiger partial charge is 0.136 e. The van der Waals surface area contributed by atoms with Crippen LogP contribution in [-0.2, 0) is 6.42 Å². The van der Waals surface area contributed by atoms with Crippen LogP contribution in [0.1, 0.15) is 24.3 Å². The fraction of sp³-hybridized carbons (Fsp3) is 0.200. The summed E-state index contributed by atoms with van der Waals surface area (Å²) in [4.78, 5) is 2.66. The number of benzene rings is 1. The molecule has 2 rings (SSSR count). The molecule has 0 N–H and O–H groups in total. The van der Waals surface area contributed by atoms with E-state index in [0.717, 1.165) is 6.42 Å². The quantitative estimate of drug-likeness (QED) is 0.692. The molecule has 0 aliphatic heterocycles. The minimum Gasteiger partial charge on any atom is -0.136 e. The van der Waals surface area contributed by atoms with Crippen LogP contribution in [0.3, 0.4) is 0 Å². The first-order valence-corrected chi connectivity index (χ1v) is 6.47. The van der Waals surface area contributed by atoms with Crippen LogP contribution in [0, 0.1) is 0 Å². The van der Waals surface area contributed by atoms with Gasteiger partial charge in [-0.3, -0.25) is 0 Å². The summed E-state index contributed by atoms with van der Waals surface area (Å²) in [5.74, 6) is 0. The van der Waals surface area contributed by atoms with Gasteiger partial charge in [0.05, 0.1) is 0 Å². The molecule has 0 unspecified atom stereocenters. The first-order valence-electron chi connectivity index (χ1n) is 5.65. The van der Waals surface area contributed by atoms with E-state index in [9.17, 15) is 0 Å². The summed E-state index contributed by atoms with van der Waals surface area (Å²) in [6.45, 7) is 4.24. The minimum atomic E-state index is 1.11. The predicted octanol–water partition coefficient (Wildman–Crippen LogP) is 5.01. The van der Waals surface area contributed by atoms with Gasteiger partial charge in [-0.2, -0.15) is 0 Å². The summed E-state index contributed by atoms with van der Waals surface area (Å²) in [5, 5.41) is 0. The molecular formula is C15H16S. The highest BCUT2D eigenvalue weighted by molar-refractivity contribution is 7.16. The van der Waals surface area contributed by atoms with Gasteiger partial charge in [0.25, 0.3) is 0 Å². The standard InChI is InChI=1S/C15H16S/c1-3-5-14-10-11-15(16-14)13-8-6-12(4-2)7-9-13/h3,5-11H,4H2,1-2H3/b5-3-. The maximum Gasteiger partial charge on any atom is 0.0349 e. The molecule has 0 aliphatic carbocycles. The van der Waals surface area contributed by atoms with Crippen LogP contribution in [0.15, 0.2) is 42.5 Å². The van der Waals surface area contributed by atoms with Crippen molar-refractivity contribution < 1.29 is 0 Å². The van der Waals surface area contributed by atoms with Crippen molar-refractivity contribution in [3.8, 4) is 10.4 Å². The first kappa shape index (κ1) is 11.2. The van der Waals surface area contributed by atoms with Crippen LogP contribution in [0.25, 0.3) is 16.5 Å². The maximum atomic E-state index is 2.21. The molecule has 0 aliphatic rings. The number of thiophene rings is 1. The molecule has 16 heavy (non-hydrogen) atoms. The SMILES string of the molecule is C/C=C\c1ccc(-c2ccc(CC)cc2)s1. The van der Waals surface area contributed by atoms with Crippen molar-refractivity contribution in [2.45, 2.75) is 20.3 Å². The summed E-state index contributed by atoms with van der Waals surface area (Å²) in [5.41, 5.74) is 2.71. The average Bonchev–Trinajstić information content (AvgIpc) is 2.78. The van der Waals surface area contributed by atoms with Gasteiger partial charge < -0.3 is 0 Å². The fourth-order valence-corrected chi connectivity index (χ4v) is 2.65. The Kier molecular flexibility index (Phi) is 3.58. The average molecular weight is 228 g/mol. The summed E-state index contributed by atoms with van der Waals surface area (Å²) in [6, 6.07) is 13.2. The number of allylic oxidation sites excluding steroid dienone is 1. The Morgan fingerprint density at radius 3 is 2.44 bits per heavy atom. The van der Waals surface area contributed by atoms with Crippen LogP contribution in [0.2, 0.25) is 0 Å². The summed E-state index contributed by atoms with van der Waals surface area (Å²) in [6.07, 6.45) is 5.33. The lowest BCUT2D eigenvalue weighted by Crippen LogP contribution is -1.78. The molecule has 1 heteroatoms. The maximum absolute atomic E-state index is 2.21. The van der Waals surface area contributed by atoms with Crippen molar-refractivity contribution in [2.75, 3.05) is 0 Å². The van der Waals surface area contributed by atoms with Gasteiger partial charge in [0.2, 0.25) is 0 Å². The third-order valence-corrected chi connectivity index (χ3v) is 3.70. The third-order valence-electron chi connectivity index (χ3n) is 2.60. The van der Waals surface area contributed by atoms with Gasteiger partial charge in [0, 0.05) is 9.75 Å².